The Bertz CT molecular complexity index is 659. The third-order valence-electron chi connectivity index (χ3n) is 2.72. The molecule has 1 aromatic carbocycles. The van der Waals surface area contributed by atoms with Crippen molar-refractivity contribution in [3.8, 4) is 11.6 Å². The minimum absolute atomic E-state index is 0.0391. The van der Waals surface area contributed by atoms with Gasteiger partial charge in [-0.15, -0.1) is 0 Å². The Morgan fingerprint density at radius 1 is 1.11 bits per heavy atom. The Morgan fingerprint density at radius 3 is 2.72 bits per heavy atom. The summed E-state index contributed by atoms with van der Waals surface area (Å²) in [5.74, 6) is 1.44. The summed E-state index contributed by atoms with van der Waals surface area (Å²) in [5.41, 5.74) is 1.71. The number of aliphatic hydroxyl groups is 1. The van der Waals surface area contributed by atoms with E-state index in [1.54, 1.807) is 6.20 Å². The number of rotatable bonds is 3. The second-order valence-electron chi connectivity index (χ2n) is 3.92. The zero-order chi connectivity index (χ0) is 12.4. The monoisotopic (exact) mass is 240 g/mol. The van der Waals surface area contributed by atoms with E-state index in [1.165, 1.54) is 0 Å². The highest BCUT2D eigenvalue weighted by molar-refractivity contribution is 5.43. The molecular weight excluding hydrogens is 228 g/mol. The highest BCUT2D eigenvalue weighted by Gasteiger charge is 2.02. The van der Waals surface area contributed by atoms with Crippen molar-refractivity contribution in [3.63, 3.8) is 0 Å². The first-order valence-corrected chi connectivity index (χ1v) is 5.66. The molecule has 0 amide bonds. The first kappa shape index (κ1) is 10.8. The molecule has 3 rings (SSSR count). The number of hydrogen-bond donors (Lipinski definition) is 1. The lowest BCUT2D eigenvalue weighted by molar-refractivity contribution is 0.281. The Morgan fingerprint density at radius 2 is 1.94 bits per heavy atom. The number of benzene rings is 1. The largest absolute Gasteiger partial charge is 0.440 e. The Kier molecular flexibility index (Phi) is 2.70. The van der Waals surface area contributed by atoms with Gasteiger partial charge in [-0.3, -0.25) is 4.40 Å². The first-order chi connectivity index (χ1) is 8.86. The smallest absolute Gasteiger partial charge is 0.205 e. The standard InChI is InChI=1S/C14H12N2O2/c17-10-11-4-6-12(7-5-11)18-14-3-1-2-13-15-8-9-16(13)14/h1-9,17H,10H2. The van der Waals surface area contributed by atoms with Crippen molar-refractivity contribution in [2.75, 3.05) is 0 Å². The fourth-order valence-corrected chi connectivity index (χ4v) is 1.79. The van der Waals surface area contributed by atoms with Gasteiger partial charge in [-0.25, -0.2) is 4.98 Å². The summed E-state index contributed by atoms with van der Waals surface area (Å²) in [6.45, 7) is 0.0391. The third-order valence-corrected chi connectivity index (χ3v) is 2.72. The van der Waals surface area contributed by atoms with E-state index in [1.807, 2.05) is 53.1 Å². The van der Waals surface area contributed by atoms with Crippen LogP contribution in [0, 0.1) is 0 Å². The minimum atomic E-state index is 0.0391. The molecule has 90 valence electrons. The van der Waals surface area contributed by atoms with E-state index in [9.17, 15) is 0 Å². The molecule has 0 spiro atoms. The van der Waals surface area contributed by atoms with Crippen molar-refractivity contribution < 1.29 is 9.84 Å². The summed E-state index contributed by atoms with van der Waals surface area (Å²) in [6.07, 6.45) is 3.59. The van der Waals surface area contributed by atoms with E-state index in [-0.39, 0.29) is 6.61 Å². The van der Waals surface area contributed by atoms with Crippen LogP contribution < -0.4 is 4.74 Å². The quantitative estimate of drug-likeness (QED) is 0.765. The van der Waals surface area contributed by atoms with Crippen LogP contribution in [0.25, 0.3) is 5.65 Å². The maximum absolute atomic E-state index is 8.98. The summed E-state index contributed by atoms with van der Waals surface area (Å²) in [5, 5.41) is 8.98. The van der Waals surface area contributed by atoms with Gasteiger partial charge in [0.1, 0.15) is 11.4 Å². The summed E-state index contributed by atoms with van der Waals surface area (Å²) < 4.78 is 7.67. The van der Waals surface area contributed by atoms with Crippen LogP contribution in [0.5, 0.6) is 11.6 Å². The molecule has 2 aromatic heterocycles. The van der Waals surface area contributed by atoms with Crippen LogP contribution in [0.3, 0.4) is 0 Å². The highest BCUT2D eigenvalue weighted by Crippen LogP contribution is 2.22. The second-order valence-corrected chi connectivity index (χ2v) is 3.92. The maximum Gasteiger partial charge on any atom is 0.205 e. The van der Waals surface area contributed by atoms with E-state index in [0.29, 0.717) is 5.88 Å². The normalized spacial score (nSPS) is 10.7. The van der Waals surface area contributed by atoms with Crippen LogP contribution >= 0.6 is 0 Å². The molecule has 18 heavy (non-hydrogen) atoms. The van der Waals surface area contributed by atoms with E-state index >= 15 is 0 Å². The van der Waals surface area contributed by atoms with Crippen LogP contribution in [0.1, 0.15) is 5.56 Å². The third kappa shape index (κ3) is 1.94. The molecular formula is C14H12N2O2. The molecule has 4 heteroatoms. The lowest BCUT2D eigenvalue weighted by Gasteiger charge is -2.08. The topological polar surface area (TPSA) is 46.8 Å². The molecule has 4 nitrogen and oxygen atoms in total. The van der Waals surface area contributed by atoms with Crippen LogP contribution in [0.2, 0.25) is 0 Å². The number of pyridine rings is 1. The number of aliphatic hydroxyl groups excluding tert-OH is 1. The number of hydrogen-bond acceptors (Lipinski definition) is 3. The Labute approximate surface area is 104 Å². The van der Waals surface area contributed by atoms with Gasteiger partial charge in [0.15, 0.2) is 0 Å². The van der Waals surface area contributed by atoms with Gasteiger partial charge >= 0.3 is 0 Å². The maximum atomic E-state index is 8.98. The van der Waals surface area contributed by atoms with Gasteiger partial charge in [0.25, 0.3) is 0 Å². The second kappa shape index (κ2) is 4.50. The highest BCUT2D eigenvalue weighted by atomic mass is 16.5. The van der Waals surface area contributed by atoms with Crippen molar-refractivity contribution >= 4 is 5.65 Å². The van der Waals surface area contributed by atoms with Crippen molar-refractivity contribution in [1.29, 1.82) is 0 Å². The van der Waals surface area contributed by atoms with E-state index in [4.69, 9.17) is 9.84 Å². The zero-order valence-corrected chi connectivity index (χ0v) is 9.65. The molecule has 0 fully saturated rings. The van der Waals surface area contributed by atoms with Crippen LogP contribution in [-0.2, 0) is 6.61 Å². The molecule has 1 N–H and O–H groups in total. The van der Waals surface area contributed by atoms with E-state index in [0.717, 1.165) is 17.0 Å². The number of imidazole rings is 1. The number of ether oxygens (including phenoxy) is 1. The van der Waals surface area contributed by atoms with E-state index in [2.05, 4.69) is 4.98 Å². The number of fused-ring (bicyclic) bond motifs is 1. The lowest BCUT2D eigenvalue weighted by atomic mass is 10.2. The molecule has 2 heterocycles. The Balaban J connectivity index is 1.93. The van der Waals surface area contributed by atoms with Crippen LogP contribution in [0.15, 0.2) is 54.9 Å². The first-order valence-electron chi connectivity index (χ1n) is 5.66. The van der Waals surface area contributed by atoms with Crippen LogP contribution in [0.4, 0.5) is 0 Å². The lowest BCUT2D eigenvalue weighted by Crippen LogP contribution is -1.92. The van der Waals surface area contributed by atoms with Gasteiger partial charge in [-0.1, -0.05) is 18.2 Å². The molecule has 0 bridgehead atoms. The van der Waals surface area contributed by atoms with Gasteiger partial charge in [0, 0.05) is 12.4 Å². The molecule has 0 aliphatic rings. The van der Waals surface area contributed by atoms with Gasteiger partial charge < -0.3 is 9.84 Å². The molecule has 0 radical (unpaired) electrons. The van der Waals surface area contributed by atoms with Crippen molar-refractivity contribution in [1.82, 2.24) is 9.38 Å². The predicted octanol–water partition coefficient (Wildman–Crippen LogP) is 2.62. The van der Waals surface area contributed by atoms with Crippen molar-refractivity contribution in [3.05, 3.63) is 60.4 Å². The number of aromatic nitrogens is 2. The fraction of sp³-hybridized carbons (Fsp3) is 0.0714. The van der Waals surface area contributed by atoms with Gasteiger partial charge in [0.2, 0.25) is 5.88 Å². The Hall–Kier alpha value is -2.33. The molecule has 0 atom stereocenters. The number of nitrogens with zero attached hydrogens (tertiary/aromatic N) is 2. The van der Waals surface area contributed by atoms with Gasteiger partial charge in [-0.2, -0.15) is 0 Å². The zero-order valence-electron chi connectivity index (χ0n) is 9.65. The SMILES string of the molecule is OCc1ccc(Oc2cccc3nccn23)cc1. The summed E-state index contributed by atoms with van der Waals surface area (Å²) in [4.78, 5) is 4.20. The van der Waals surface area contributed by atoms with Gasteiger partial charge in [-0.05, 0) is 29.8 Å². The molecule has 0 aliphatic carbocycles. The predicted molar refractivity (Wildman–Crippen MR) is 67.6 cm³/mol. The molecule has 3 aromatic rings. The molecule has 0 unspecified atom stereocenters. The van der Waals surface area contributed by atoms with Gasteiger partial charge in [0.05, 0.1) is 6.61 Å². The molecule has 0 saturated heterocycles. The average molecular weight is 240 g/mol. The summed E-state index contributed by atoms with van der Waals surface area (Å²) in [6, 6.07) is 13.0. The molecule has 0 saturated carbocycles. The summed E-state index contributed by atoms with van der Waals surface area (Å²) >= 11 is 0. The summed E-state index contributed by atoms with van der Waals surface area (Å²) in [7, 11) is 0. The van der Waals surface area contributed by atoms with E-state index < -0.39 is 0 Å². The van der Waals surface area contributed by atoms with Crippen molar-refractivity contribution in [2.45, 2.75) is 6.61 Å². The molecule has 0 aliphatic heterocycles. The average Bonchev–Trinajstić information content (AvgIpc) is 2.89. The van der Waals surface area contributed by atoms with Crippen molar-refractivity contribution in [2.24, 2.45) is 0 Å². The minimum Gasteiger partial charge on any atom is -0.440 e. The fourth-order valence-electron chi connectivity index (χ4n) is 1.79. The van der Waals surface area contributed by atoms with Crippen LogP contribution in [-0.4, -0.2) is 14.5 Å².